The van der Waals surface area contributed by atoms with E-state index < -0.39 is 0 Å². The molecule has 3 N–H and O–H groups in total. The van der Waals surface area contributed by atoms with Gasteiger partial charge in [0, 0.05) is 19.0 Å². The van der Waals surface area contributed by atoms with E-state index in [1.54, 1.807) is 0 Å². The molecule has 1 saturated carbocycles. The molecule has 3 rings (SSSR count). The zero-order valence-corrected chi connectivity index (χ0v) is 13.2. The van der Waals surface area contributed by atoms with Crippen molar-refractivity contribution in [3.63, 3.8) is 0 Å². The number of benzene rings is 1. The molecule has 116 valence electrons. The van der Waals surface area contributed by atoms with Crippen molar-refractivity contribution in [3.8, 4) is 0 Å². The lowest BCUT2D eigenvalue weighted by atomic mass is 9.82. The minimum atomic E-state index is 0. The van der Waals surface area contributed by atoms with Crippen molar-refractivity contribution in [1.29, 1.82) is 0 Å². The van der Waals surface area contributed by atoms with Gasteiger partial charge in [-0.2, -0.15) is 0 Å². The van der Waals surface area contributed by atoms with Gasteiger partial charge < -0.3 is 11.1 Å². The number of nitrogens with two attached hydrogens (primary N) is 1. The molecule has 0 heterocycles. The second-order valence-corrected chi connectivity index (χ2v) is 6.33. The number of nitrogens with one attached hydrogen (secondary N) is 1. The predicted octanol–water partition coefficient (Wildman–Crippen LogP) is 2.46. The van der Waals surface area contributed by atoms with Crippen molar-refractivity contribution in [2.45, 2.75) is 44.6 Å². The van der Waals surface area contributed by atoms with E-state index in [9.17, 15) is 4.79 Å². The summed E-state index contributed by atoms with van der Waals surface area (Å²) in [6.45, 7) is 0.573. The van der Waals surface area contributed by atoms with Crippen LogP contribution in [0.3, 0.4) is 0 Å². The van der Waals surface area contributed by atoms with Crippen LogP contribution in [-0.4, -0.2) is 18.5 Å². The number of hydrogen-bond acceptors (Lipinski definition) is 2. The smallest absolute Gasteiger partial charge is 0.220 e. The Bertz CT molecular complexity index is 487. The Labute approximate surface area is 133 Å². The highest BCUT2D eigenvalue weighted by atomic mass is 35.5. The van der Waals surface area contributed by atoms with Gasteiger partial charge in [0.1, 0.15) is 0 Å². The highest BCUT2D eigenvalue weighted by molar-refractivity contribution is 5.85. The van der Waals surface area contributed by atoms with Crippen molar-refractivity contribution >= 4 is 18.3 Å². The number of carbonyl (C=O) groups excluding carboxylic acids is 1. The van der Waals surface area contributed by atoms with Gasteiger partial charge in [-0.25, -0.2) is 0 Å². The van der Waals surface area contributed by atoms with Gasteiger partial charge >= 0.3 is 0 Å². The number of fused-ring (bicyclic) bond motifs is 1. The summed E-state index contributed by atoms with van der Waals surface area (Å²) in [6, 6.07) is 8.82. The minimum absolute atomic E-state index is 0. The number of halogens is 1. The van der Waals surface area contributed by atoms with Crippen LogP contribution in [0.2, 0.25) is 0 Å². The van der Waals surface area contributed by atoms with Gasteiger partial charge in [-0.3, -0.25) is 4.79 Å². The summed E-state index contributed by atoms with van der Waals surface area (Å²) >= 11 is 0. The maximum absolute atomic E-state index is 12.2. The molecule has 2 aliphatic carbocycles. The SMILES string of the molecule is Cl.NCC(NC(=O)CC1CCc2ccccc2C1)C1CC1. The first-order valence-electron chi connectivity index (χ1n) is 7.82. The molecule has 0 spiro atoms. The van der Waals surface area contributed by atoms with E-state index >= 15 is 0 Å². The molecule has 0 bridgehead atoms. The van der Waals surface area contributed by atoms with Gasteiger partial charge in [0.15, 0.2) is 0 Å². The topological polar surface area (TPSA) is 55.1 Å². The highest BCUT2D eigenvalue weighted by Crippen LogP contribution is 2.32. The van der Waals surface area contributed by atoms with Gasteiger partial charge in [0.2, 0.25) is 5.91 Å². The molecule has 1 amide bonds. The Morgan fingerprint density at radius 1 is 1.24 bits per heavy atom. The number of hydrogen-bond donors (Lipinski definition) is 2. The first kappa shape index (κ1) is 16.3. The molecule has 4 heteroatoms. The largest absolute Gasteiger partial charge is 0.352 e. The second-order valence-electron chi connectivity index (χ2n) is 6.33. The highest BCUT2D eigenvalue weighted by Gasteiger charge is 2.31. The van der Waals surface area contributed by atoms with Crippen LogP contribution >= 0.6 is 12.4 Å². The molecule has 2 aliphatic rings. The molecular formula is C17H25ClN2O. The zero-order valence-electron chi connectivity index (χ0n) is 12.4. The maximum atomic E-state index is 12.2. The summed E-state index contributed by atoms with van der Waals surface area (Å²) in [5, 5.41) is 3.14. The molecule has 21 heavy (non-hydrogen) atoms. The van der Waals surface area contributed by atoms with Gasteiger partial charge in [-0.15, -0.1) is 12.4 Å². The fourth-order valence-corrected chi connectivity index (χ4v) is 3.34. The van der Waals surface area contributed by atoms with Crippen LogP contribution in [0.25, 0.3) is 0 Å². The Kier molecular flexibility index (Phi) is 5.65. The third-order valence-electron chi connectivity index (χ3n) is 4.71. The lowest BCUT2D eigenvalue weighted by molar-refractivity contribution is -0.122. The molecule has 0 radical (unpaired) electrons. The van der Waals surface area contributed by atoms with Crippen LogP contribution in [-0.2, 0) is 17.6 Å². The van der Waals surface area contributed by atoms with E-state index in [4.69, 9.17) is 5.73 Å². The van der Waals surface area contributed by atoms with Crippen molar-refractivity contribution < 1.29 is 4.79 Å². The quantitative estimate of drug-likeness (QED) is 0.878. The van der Waals surface area contributed by atoms with Gasteiger partial charge in [0.25, 0.3) is 0 Å². The summed E-state index contributed by atoms with van der Waals surface area (Å²) in [5.41, 5.74) is 8.63. The van der Waals surface area contributed by atoms with E-state index in [2.05, 4.69) is 29.6 Å². The average molecular weight is 309 g/mol. The first-order chi connectivity index (χ1) is 9.76. The fraction of sp³-hybridized carbons (Fsp3) is 0.588. The molecule has 1 aromatic rings. The molecule has 0 saturated heterocycles. The van der Waals surface area contributed by atoms with Crippen molar-refractivity contribution in [1.82, 2.24) is 5.32 Å². The van der Waals surface area contributed by atoms with E-state index in [1.807, 2.05) is 0 Å². The van der Waals surface area contributed by atoms with Crippen LogP contribution in [0.4, 0.5) is 0 Å². The van der Waals surface area contributed by atoms with Gasteiger partial charge in [-0.1, -0.05) is 24.3 Å². The van der Waals surface area contributed by atoms with E-state index in [0.29, 0.717) is 24.8 Å². The first-order valence-corrected chi connectivity index (χ1v) is 7.82. The summed E-state index contributed by atoms with van der Waals surface area (Å²) in [6.07, 6.45) is 6.37. The fourth-order valence-electron chi connectivity index (χ4n) is 3.34. The molecule has 2 unspecified atom stereocenters. The monoisotopic (exact) mass is 308 g/mol. The molecule has 0 aliphatic heterocycles. The van der Waals surface area contributed by atoms with Crippen LogP contribution in [0.5, 0.6) is 0 Å². The average Bonchev–Trinajstić information content (AvgIpc) is 3.29. The lowest BCUT2D eigenvalue weighted by Crippen LogP contribution is -2.42. The molecule has 1 aromatic carbocycles. The van der Waals surface area contributed by atoms with E-state index in [0.717, 1.165) is 19.3 Å². The van der Waals surface area contributed by atoms with Gasteiger partial charge in [-0.05, 0) is 55.1 Å². The Balaban J connectivity index is 0.00000161. The van der Waals surface area contributed by atoms with Crippen molar-refractivity contribution in [2.75, 3.05) is 6.54 Å². The standard InChI is InChI=1S/C17H24N2O.ClH/c18-11-16(14-7-8-14)19-17(20)10-12-5-6-13-3-1-2-4-15(13)9-12;/h1-4,12,14,16H,5-11,18H2,(H,19,20);1H. The molecule has 3 nitrogen and oxygen atoms in total. The Hall–Kier alpha value is -1.06. The number of rotatable bonds is 5. The maximum Gasteiger partial charge on any atom is 0.220 e. The van der Waals surface area contributed by atoms with Crippen molar-refractivity contribution in [3.05, 3.63) is 35.4 Å². The third kappa shape index (κ3) is 4.21. The summed E-state index contributed by atoms with van der Waals surface area (Å²) in [4.78, 5) is 12.2. The molecule has 0 aromatic heterocycles. The van der Waals surface area contributed by atoms with Crippen LogP contribution in [0, 0.1) is 11.8 Å². The number of amides is 1. The number of carbonyl (C=O) groups is 1. The predicted molar refractivity (Wildman–Crippen MR) is 87.5 cm³/mol. The van der Waals surface area contributed by atoms with Crippen LogP contribution in [0.1, 0.15) is 36.8 Å². The Morgan fingerprint density at radius 3 is 2.62 bits per heavy atom. The summed E-state index contributed by atoms with van der Waals surface area (Å²) < 4.78 is 0. The lowest BCUT2D eigenvalue weighted by Gasteiger charge is -2.25. The third-order valence-corrected chi connectivity index (χ3v) is 4.71. The normalized spacial score (nSPS) is 21.9. The van der Waals surface area contributed by atoms with Crippen molar-refractivity contribution in [2.24, 2.45) is 17.6 Å². The summed E-state index contributed by atoms with van der Waals surface area (Å²) in [5.74, 6) is 1.32. The van der Waals surface area contributed by atoms with Gasteiger partial charge in [0.05, 0.1) is 0 Å². The van der Waals surface area contributed by atoms with E-state index in [1.165, 1.54) is 24.0 Å². The minimum Gasteiger partial charge on any atom is -0.352 e. The van der Waals surface area contributed by atoms with E-state index in [-0.39, 0.29) is 24.4 Å². The molecule has 1 fully saturated rings. The molecule has 2 atom stereocenters. The number of aryl methyl sites for hydroxylation is 1. The second kappa shape index (κ2) is 7.28. The summed E-state index contributed by atoms with van der Waals surface area (Å²) in [7, 11) is 0. The van der Waals surface area contributed by atoms with Crippen LogP contribution in [0.15, 0.2) is 24.3 Å². The molecular weight excluding hydrogens is 284 g/mol. The zero-order chi connectivity index (χ0) is 13.9. The Morgan fingerprint density at radius 2 is 1.95 bits per heavy atom. The van der Waals surface area contributed by atoms with Crippen LogP contribution < -0.4 is 11.1 Å².